The summed E-state index contributed by atoms with van der Waals surface area (Å²) >= 11 is 0. The first-order valence-electron chi connectivity index (χ1n) is 9.02. The molecule has 0 aliphatic heterocycles. The van der Waals surface area contributed by atoms with Gasteiger partial charge in [0.1, 0.15) is 11.9 Å². The van der Waals surface area contributed by atoms with Crippen LogP contribution in [0.1, 0.15) is 34.5 Å². The van der Waals surface area contributed by atoms with Crippen molar-refractivity contribution in [3.05, 3.63) is 95.6 Å². The zero-order valence-corrected chi connectivity index (χ0v) is 15.8. The Bertz CT molecular complexity index is 953. The number of benzene rings is 3. The highest BCUT2D eigenvalue weighted by Gasteiger charge is 2.13. The molecule has 28 heavy (non-hydrogen) atoms. The number of imide groups is 1. The van der Waals surface area contributed by atoms with E-state index in [1.54, 1.807) is 24.3 Å². The van der Waals surface area contributed by atoms with Crippen molar-refractivity contribution in [3.8, 4) is 5.75 Å². The molecule has 3 aromatic rings. The van der Waals surface area contributed by atoms with Crippen LogP contribution in [0.25, 0.3) is 0 Å². The molecule has 142 valence electrons. The number of ether oxygens (including phenoxy) is 1. The summed E-state index contributed by atoms with van der Waals surface area (Å²) < 4.78 is 5.89. The third-order valence-corrected chi connectivity index (χ3v) is 4.31. The van der Waals surface area contributed by atoms with Crippen LogP contribution in [0.15, 0.2) is 78.9 Å². The van der Waals surface area contributed by atoms with Gasteiger partial charge >= 0.3 is 6.03 Å². The van der Waals surface area contributed by atoms with Crippen molar-refractivity contribution < 1.29 is 14.3 Å². The van der Waals surface area contributed by atoms with Gasteiger partial charge in [-0.1, -0.05) is 48.5 Å². The number of rotatable bonds is 5. The van der Waals surface area contributed by atoms with E-state index in [0.29, 0.717) is 11.3 Å². The van der Waals surface area contributed by atoms with Crippen LogP contribution in [-0.2, 0) is 0 Å². The number of hydrogen-bond acceptors (Lipinski definition) is 3. The van der Waals surface area contributed by atoms with Crippen LogP contribution in [0, 0.1) is 6.92 Å². The Morgan fingerprint density at radius 1 is 0.857 bits per heavy atom. The van der Waals surface area contributed by atoms with E-state index >= 15 is 0 Å². The molecule has 0 bridgehead atoms. The minimum Gasteiger partial charge on any atom is -0.486 e. The van der Waals surface area contributed by atoms with E-state index in [-0.39, 0.29) is 6.10 Å². The largest absolute Gasteiger partial charge is 0.486 e. The number of carbonyl (C=O) groups excluding carboxylic acids is 2. The highest BCUT2D eigenvalue weighted by Crippen LogP contribution is 2.22. The quantitative estimate of drug-likeness (QED) is 0.653. The van der Waals surface area contributed by atoms with Crippen molar-refractivity contribution in [2.24, 2.45) is 0 Å². The van der Waals surface area contributed by atoms with Crippen molar-refractivity contribution in [2.45, 2.75) is 20.0 Å². The molecule has 3 rings (SSSR count). The van der Waals surface area contributed by atoms with Gasteiger partial charge in [0.15, 0.2) is 0 Å². The fourth-order valence-corrected chi connectivity index (χ4v) is 2.77. The van der Waals surface area contributed by atoms with Gasteiger partial charge < -0.3 is 10.1 Å². The zero-order valence-electron chi connectivity index (χ0n) is 15.8. The fourth-order valence-electron chi connectivity index (χ4n) is 2.77. The molecule has 0 radical (unpaired) electrons. The van der Waals surface area contributed by atoms with Gasteiger partial charge in [-0.15, -0.1) is 0 Å². The van der Waals surface area contributed by atoms with Gasteiger partial charge in [-0.05, 0) is 55.3 Å². The number of amides is 3. The molecule has 0 aromatic heterocycles. The molecule has 5 heteroatoms. The van der Waals surface area contributed by atoms with E-state index in [0.717, 1.165) is 16.9 Å². The number of urea groups is 1. The van der Waals surface area contributed by atoms with Crippen LogP contribution in [0.3, 0.4) is 0 Å². The SMILES string of the molecule is Cc1ccccc1C(=O)NC(=O)Nc1ccc(C(C)Oc2ccccc2)cc1. The summed E-state index contributed by atoms with van der Waals surface area (Å²) in [6.45, 7) is 3.78. The van der Waals surface area contributed by atoms with E-state index in [9.17, 15) is 9.59 Å². The Hall–Kier alpha value is -3.60. The van der Waals surface area contributed by atoms with Crippen LogP contribution in [0.2, 0.25) is 0 Å². The number of aryl methyl sites for hydroxylation is 1. The van der Waals surface area contributed by atoms with Crippen LogP contribution in [0.4, 0.5) is 10.5 Å². The lowest BCUT2D eigenvalue weighted by Gasteiger charge is -2.15. The second-order valence-corrected chi connectivity index (χ2v) is 6.42. The summed E-state index contributed by atoms with van der Waals surface area (Å²) in [6.07, 6.45) is -0.132. The molecule has 0 aliphatic carbocycles. The molecule has 0 heterocycles. The zero-order chi connectivity index (χ0) is 19.9. The van der Waals surface area contributed by atoms with E-state index in [1.807, 2.05) is 68.4 Å². The summed E-state index contributed by atoms with van der Waals surface area (Å²) in [5.41, 5.74) is 2.85. The summed E-state index contributed by atoms with van der Waals surface area (Å²) in [5.74, 6) is 0.364. The third-order valence-electron chi connectivity index (χ3n) is 4.31. The lowest BCUT2D eigenvalue weighted by atomic mass is 10.1. The summed E-state index contributed by atoms with van der Waals surface area (Å²) in [7, 11) is 0. The molecule has 3 aromatic carbocycles. The first-order valence-corrected chi connectivity index (χ1v) is 9.02. The Labute approximate surface area is 164 Å². The molecule has 3 amide bonds. The Morgan fingerprint density at radius 3 is 2.18 bits per heavy atom. The molecular formula is C23H22N2O3. The molecular weight excluding hydrogens is 352 g/mol. The monoisotopic (exact) mass is 374 g/mol. The normalized spacial score (nSPS) is 11.4. The Morgan fingerprint density at radius 2 is 1.50 bits per heavy atom. The Kier molecular flexibility index (Phi) is 6.07. The number of para-hydroxylation sites is 1. The van der Waals surface area contributed by atoms with Crippen LogP contribution >= 0.6 is 0 Å². The maximum atomic E-state index is 12.2. The van der Waals surface area contributed by atoms with Crippen molar-refractivity contribution in [1.82, 2.24) is 5.32 Å². The molecule has 0 saturated carbocycles. The highest BCUT2D eigenvalue weighted by atomic mass is 16.5. The highest BCUT2D eigenvalue weighted by molar-refractivity contribution is 6.08. The van der Waals surface area contributed by atoms with E-state index < -0.39 is 11.9 Å². The number of hydrogen-bond donors (Lipinski definition) is 2. The molecule has 2 N–H and O–H groups in total. The van der Waals surface area contributed by atoms with E-state index in [2.05, 4.69) is 10.6 Å². The van der Waals surface area contributed by atoms with Crippen molar-refractivity contribution >= 4 is 17.6 Å². The summed E-state index contributed by atoms with van der Waals surface area (Å²) in [6, 6.07) is 23.4. The second kappa shape index (κ2) is 8.86. The van der Waals surface area contributed by atoms with Gasteiger partial charge in [-0.25, -0.2) is 4.79 Å². The van der Waals surface area contributed by atoms with Gasteiger partial charge in [-0.3, -0.25) is 10.1 Å². The number of carbonyl (C=O) groups is 2. The van der Waals surface area contributed by atoms with Crippen LogP contribution in [-0.4, -0.2) is 11.9 Å². The topological polar surface area (TPSA) is 67.4 Å². The summed E-state index contributed by atoms with van der Waals surface area (Å²) in [4.78, 5) is 24.3. The number of anilines is 1. The minimum absolute atomic E-state index is 0.132. The molecule has 1 unspecified atom stereocenters. The minimum atomic E-state index is -0.574. The van der Waals surface area contributed by atoms with Crippen LogP contribution in [0.5, 0.6) is 5.75 Å². The maximum Gasteiger partial charge on any atom is 0.326 e. The average Bonchev–Trinajstić information content (AvgIpc) is 2.69. The first kappa shape index (κ1) is 19.2. The molecule has 0 aliphatic rings. The fraction of sp³-hybridized carbons (Fsp3) is 0.130. The van der Waals surface area contributed by atoms with E-state index in [1.165, 1.54) is 0 Å². The second-order valence-electron chi connectivity index (χ2n) is 6.42. The first-order chi connectivity index (χ1) is 13.5. The molecule has 5 nitrogen and oxygen atoms in total. The van der Waals surface area contributed by atoms with Crippen LogP contribution < -0.4 is 15.4 Å². The molecule has 1 atom stereocenters. The smallest absolute Gasteiger partial charge is 0.326 e. The van der Waals surface area contributed by atoms with Crippen molar-refractivity contribution in [2.75, 3.05) is 5.32 Å². The molecule has 0 fully saturated rings. The maximum absolute atomic E-state index is 12.2. The van der Waals surface area contributed by atoms with Gasteiger partial charge in [0.25, 0.3) is 5.91 Å². The molecule has 0 saturated heterocycles. The predicted molar refractivity (Wildman–Crippen MR) is 110 cm³/mol. The van der Waals surface area contributed by atoms with Gasteiger partial charge in [0.05, 0.1) is 0 Å². The molecule has 0 spiro atoms. The third kappa shape index (κ3) is 4.98. The van der Waals surface area contributed by atoms with Crippen molar-refractivity contribution in [3.63, 3.8) is 0 Å². The predicted octanol–water partition coefficient (Wildman–Crippen LogP) is 5.10. The average molecular weight is 374 g/mol. The van der Waals surface area contributed by atoms with E-state index in [4.69, 9.17) is 4.74 Å². The Balaban J connectivity index is 1.57. The van der Waals surface area contributed by atoms with Gasteiger partial charge in [0, 0.05) is 11.3 Å². The standard InChI is InChI=1S/C23H22N2O3/c1-16-8-6-7-11-21(16)22(26)25-23(27)24-19-14-12-18(13-15-19)17(2)28-20-9-4-3-5-10-20/h3-15,17H,1-2H3,(H2,24,25,26,27). The van der Waals surface area contributed by atoms with Gasteiger partial charge in [-0.2, -0.15) is 0 Å². The van der Waals surface area contributed by atoms with Crippen molar-refractivity contribution in [1.29, 1.82) is 0 Å². The number of nitrogens with one attached hydrogen (secondary N) is 2. The van der Waals surface area contributed by atoms with Gasteiger partial charge in [0.2, 0.25) is 0 Å². The lowest BCUT2D eigenvalue weighted by Crippen LogP contribution is -2.34. The summed E-state index contributed by atoms with van der Waals surface area (Å²) in [5, 5.41) is 5.01. The lowest BCUT2D eigenvalue weighted by molar-refractivity contribution is 0.0966.